The number of aromatic nitrogens is 2. The van der Waals surface area contributed by atoms with E-state index in [1.165, 1.54) is 44.3 Å². The Balaban J connectivity index is 1.64. The predicted octanol–water partition coefficient (Wildman–Crippen LogP) is 1.45. The van der Waals surface area contributed by atoms with Crippen molar-refractivity contribution in [1.29, 1.82) is 0 Å². The number of fused-ring (bicyclic) bond motifs is 1. The average Bonchev–Trinajstić information content (AvgIpc) is 2.91. The molecule has 1 aliphatic heterocycles. The van der Waals surface area contributed by atoms with Crippen LogP contribution in [0.2, 0.25) is 0 Å². The van der Waals surface area contributed by atoms with Gasteiger partial charge in [-0.05, 0) is 51.6 Å². The largest absolute Gasteiger partial charge is 0.368 e. The number of nitrogen functional groups attached to an aromatic ring is 1. The number of hydrogen-bond acceptors (Lipinski definition) is 5. The van der Waals surface area contributed by atoms with Crippen LogP contribution in [0.4, 0.5) is 11.8 Å². The van der Waals surface area contributed by atoms with E-state index in [2.05, 4.69) is 20.2 Å². The summed E-state index contributed by atoms with van der Waals surface area (Å²) >= 11 is 0. The van der Waals surface area contributed by atoms with Crippen molar-refractivity contribution in [3.8, 4) is 0 Å². The van der Waals surface area contributed by atoms with Crippen LogP contribution in [0.1, 0.15) is 36.9 Å². The van der Waals surface area contributed by atoms with E-state index in [1.54, 1.807) is 0 Å². The van der Waals surface area contributed by atoms with Gasteiger partial charge in [-0.15, -0.1) is 0 Å². The lowest BCUT2D eigenvalue weighted by Crippen LogP contribution is -2.27. The van der Waals surface area contributed by atoms with Gasteiger partial charge in [0.1, 0.15) is 5.82 Å². The lowest BCUT2D eigenvalue weighted by molar-refractivity contribution is 0.352. The summed E-state index contributed by atoms with van der Waals surface area (Å²) in [5, 5.41) is 3.47. The second kappa shape index (κ2) is 5.74. The summed E-state index contributed by atoms with van der Waals surface area (Å²) in [4.78, 5) is 11.3. The number of nitrogens with zero attached hydrogens (tertiary/aromatic N) is 3. The standard InChI is InChI=1S/C14H23N5/c15-14-17-12-6-2-1-5-11(12)13(18-14)16-7-10-19-8-3-4-9-19/h1-10H2,(H3,15,16,17,18). The Morgan fingerprint density at radius 2 is 1.84 bits per heavy atom. The molecule has 0 bridgehead atoms. The molecule has 5 heteroatoms. The van der Waals surface area contributed by atoms with E-state index in [4.69, 9.17) is 5.73 Å². The SMILES string of the molecule is Nc1nc2c(c(NCCN3CCCC3)n1)CCCC2. The molecule has 0 unspecified atom stereocenters. The van der Waals surface area contributed by atoms with Gasteiger partial charge in [0.05, 0.1) is 5.69 Å². The smallest absolute Gasteiger partial charge is 0.222 e. The summed E-state index contributed by atoms with van der Waals surface area (Å²) < 4.78 is 0. The molecule has 3 N–H and O–H groups in total. The van der Waals surface area contributed by atoms with Crippen molar-refractivity contribution in [2.75, 3.05) is 37.2 Å². The second-order valence-corrected chi connectivity index (χ2v) is 5.54. The number of hydrogen-bond donors (Lipinski definition) is 2. The van der Waals surface area contributed by atoms with Crippen LogP contribution >= 0.6 is 0 Å². The number of nitrogens with two attached hydrogens (primary N) is 1. The minimum absolute atomic E-state index is 0.407. The Labute approximate surface area is 114 Å². The molecule has 0 aromatic carbocycles. The summed E-state index contributed by atoms with van der Waals surface area (Å²) in [6, 6.07) is 0. The molecular weight excluding hydrogens is 238 g/mol. The molecule has 2 aliphatic rings. The summed E-state index contributed by atoms with van der Waals surface area (Å²) in [5.74, 6) is 1.38. The molecule has 0 saturated carbocycles. The molecule has 1 aromatic heterocycles. The highest BCUT2D eigenvalue weighted by Crippen LogP contribution is 2.25. The summed E-state index contributed by atoms with van der Waals surface area (Å²) in [6.45, 7) is 4.53. The number of rotatable bonds is 4. The minimum atomic E-state index is 0.407. The highest BCUT2D eigenvalue weighted by molar-refractivity contribution is 5.50. The Bertz CT molecular complexity index is 440. The van der Waals surface area contributed by atoms with Crippen LogP contribution in [0.15, 0.2) is 0 Å². The maximum absolute atomic E-state index is 5.80. The fourth-order valence-corrected chi connectivity index (χ4v) is 3.10. The zero-order valence-electron chi connectivity index (χ0n) is 11.5. The van der Waals surface area contributed by atoms with Crippen LogP contribution < -0.4 is 11.1 Å². The van der Waals surface area contributed by atoms with Crippen LogP contribution in [-0.2, 0) is 12.8 Å². The van der Waals surface area contributed by atoms with Crippen LogP contribution in [0.5, 0.6) is 0 Å². The van der Waals surface area contributed by atoms with Gasteiger partial charge in [0.25, 0.3) is 0 Å². The van der Waals surface area contributed by atoms with Crippen LogP contribution in [0.3, 0.4) is 0 Å². The lowest BCUT2D eigenvalue weighted by Gasteiger charge is -2.20. The number of anilines is 2. The fourth-order valence-electron chi connectivity index (χ4n) is 3.10. The maximum atomic E-state index is 5.80. The van der Waals surface area contributed by atoms with Crippen molar-refractivity contribution in [2.24, 2.45) is 0 Å². The molecule has 0 radical (unpaired) electrons. The van der Waals surface area contributed by atoms with Gasteiger partial charge in [0, 0.05) is 18.7 Å². The first-order valence-electron chi connectivity index (χ1n) is 7.44. The fraction of sp³-hybridized carbons (Fsp3) is 0.714. The van der Waals surface area contributed by atoms with E-state index in [-0.39, 0.29) is 0 Å². The zero-order valence-corrected chi connectivity index (χ0v) is 11.5. The van der Waals surface area contributed by atoms with E-state index >= 15 is 0 Å². The Kier molecular flexibility index (Phi) is 3.82. The van der Waals surface area contributed by atoms with Crippen molar-refractivity contribution < 1.29 is 0 Å². The van der Waals surface area contributed by atoms with Gasteiger partial charge < -0.3 is 16.0 Å². The van der Waals surface area contributed by atoms with E-state index in [9.17, 15) is 0 Å². The van der Waals surface area contributed by atoms with Gasteiger partial charge in [-0.2, -0.15) is 4.98 Å². The Hall–Kier alpha value is -1.36. The number of likely N-dealkylation sites (tertiary alicyclic amines) is 1. The third-order valence-corrected chi connectivity index (χ3v) is 4.12. The topological polar surface area (TPSA) is 67.1 Å². The van der Waals surface area contributed by atoms with Gasteiger partial charge in [-0.25, -0.2) is 4.98 Å². The van der Waals surface area contributed by atoms with Crippen LogP contribution in [0.25, 0.3) is 0 Å². The van der Waals surface area contributed by atoms with Gasteiger partial charge in [-0.1, -0.05) is 0 Å². The highest BCUT2D eigenvalue weighted by atomic mass is 15.2. The number of aryl methyl sites for hydroxylation is 1. The van der Waals surface area contributed by atoms with E-state index < -0.39 is 0 Å². The van der Waals surface area contributed by atoms with Gasteiger partial charge in [-0.3, -0.25) is 0 Å². The quantitative estimate of drug-likeness (QED) is 0.858. The monoisotopic (exact) mass is 261 g/mol. The van der Waals surface area contributed by atoms with Gasteiger partial charge in [0.15, 0.2) is 0 Å². The van der Waals surface area contributed by atoms with E-state index in [1.807, 2.05) is 0 Å². The third-order valence-electron chi connectivity index (χ3n) is 4.12. The molecule has 1 aromatic rings. The number of nitrogens with one attached hydrogen (secondary N) is 1. The second-order valence-electron chi connectivity index (χ2n) is 5.54. The highest BCUT2D eigenvalue weighted by Gasteiger charge is 2.17. The summed E-state index contributed by atoms with van der Waals surface area (Å²) in [5.41, 5.74) is 8.25. The summed E-state index contributed by atoms with van der Waals surface area (Å²) in [6.07, 6.45) is 7.27. The molecule has 1 fully saturated rings. The van der Waals surface area contributed by atoms with Crippen molar-refractivity contribution in [3.05, 3.63) is 11.3 Å². The minimum Gasteiger partial charge on any atom is -0.368 e. The molecule has 104 valence electrons. The third kappa shape index (κ3) is 2.97. The van der Waals surface area contributed by atoms with Crippen molar-refractivity contribution in [3.63, 3.8) is 0 Å². The van der Waals surface area contributed by atoms with Crippen molar-refractivity contribution in [1.82, 2.24) is 14.9 Å². The normalized spacial score (nSPS) is 19.4. The first-order chi connectivity index (χ1) is 9.33. The molecule has 0 spiro atoms. The molecule has 3 rings (SSSR count). The lowest BCUT2D eigenvalue weighted by atomic mass is 9.96. The zero-order chi connectivity index (χ0) is 13.1. The first-order valence-corrected chi connectivity index (χ1v) is 7.44. The van der Waals surface area contributed by atoms with Crippen LogP contribution in [0, 0.1) is 0 Å². The Morgan fingerprint density at radius 3 is 2.68 bits per heavy atom. The van der Waals surface area contributed by atoms with E-state index in [0.29, 0.717) is 5.95 Å². The van der Waals surface area contributed by atoms with Crippen molar-refractivity contribution in [2.45, 2.75) is 38.5 Å². The maximum Gasteiger partial charge on any atom is 0.222 e. The molecule has 5 nitrogen and oxygen atoms in total. The molecule has 1 aliphatic carbocycles. The summed E-state index contributed by atoms with van der Waals surface area (Å²) in [7, 11) is 0. The molecule has 19 heavy (non-hydrogen) atoms. The van der Waals surface area contributed by atoms with Gasteiger partial charge >= 0.3 is 0 Å². The van der Waals surface area contributed by atoms with Crippen molar-refractivity contribution >= 4 is 11.8 Å². The average molecular weight is 261 g/mol. The molecule has 1 saturated heterocycles. The molecule has 0 atom stereocenters. The molecule has 0 amide bonds. The van der Waals surface area contributed by atoms with E-state index in [0.717, 1.165) is 37.4 Å². The first kappa shape index (κ1) is 12.7. The Morgan fingerprint density at radius 1 is 1.05 bits per heavy atom. The van der Waals surface area contributed by atoms with Gasteiger partial charge in [0.2, 0.25) is 5.95 Å². The molecular formula is C14H23N5. The van der Waals surface area contributed by atoms with Crippen LogP contribution in [-0.4, -0.2) is 41.0 Å². The predicted molar refractivity (Wildman–Crippen MR) is 77.3 cm³/mol. The molecule has 2 heterocycles.